The number of hydrogen-bond donors (Lipinski definition) is 0. The van der Waals surface area contributed by atoms with Crippen LogP contribution in [0.5, 0.6) is 0 Å². The SMILES string of the molecule is CC=C[C@H](C)[C@H]1CCCCC1=O. The van der Waals surface area contributed by atoms with E-state index in [9.17, 15) is 4.79 Å². The molecule has 0 spiro atoms. The summed E-state index contributed by atoms with van der Waals surface area (Å²) in [7, 11) is 0. The summed E-state index contributed by atoms with van der Waals surface area (Å²) in [4.78, 5) is 11.5. The van der Waals surface area contributed by atoms with Crippen LogP contribution in [0.15, 0.2) is 12.2 Å². The summed E-state index contributed by atoms with van der Waals surface area (Å²) in [5, 5.41) is 0. The second kappa shape index (κ2) is 4.44. The number of carbonyl (C=O) groups is 1. The highest BCUT2D eigenvalue weighted by atomic mass is 16.1. The molecule has 0 N–H and O–H groups in total. The lowest BCUT2D eigenvalue weighted by atomic mass is 9.80. The summed E-state index contributed by atoms with van der Waals surface area (Å²) < 4.78 is 0. The molecule has 0 aromatic rings. The van der Waals surface area contributed by atoms with Gasteiger partial charge >= 0.3 is 0 Å². The molecule has 1 aliphatic carbocycles. The molecular weight excluding hydrogens is 148 g/mol. The first kappa shape index (κ1) is 9.50. The van der Waals surface area contributed by atoms with E-state index in [1.807, 2.05) is 13.0 Å². The van der Waals surface area contributed by atoms with Gasteiger partial charge in [-0.15, -0.1) is 0 Å². The van der Waals surface area contributed by atoms with Gasteiger partial charge < -0.3 is 0 Å². The highest BCUT2D eigenvalue weighted by Gasteiger charge is 2.25. The van der Waals surface area contributed by atoms with Crippen molar-refractivity contribution in [3.63, 3.8) is 0 Å². The minimum absolute atomic E-state index is 0.315. The van der Waals surface area contributed by atoms with Crippen molar-refractivity contribution >= 4 is 5.78 Å². The summed E-state index contributed by atoms with van der Waals surface area (Å²) in [6.07, 6.45) is 8.45. The lowest BCUT2D eigenvalue weighted by Gasteiger charge is -2.24. The number of rotatable bonds is 2. The Morgan fingerprint density at radius 2 is 2.25 bits per heavy atom. The van der Waals surface area contributed by atoms with Crippen LogP contribution in [0.3, 0.4) is 0 Å². The Kier molecular flexibility index (Phi) is 3.51. The van der Waals surface area contributed by atoms with Crippen LogP contribution in [0.25, 0.3) is 0 Å². The average molecular weight is 166 g/mol. The van der Waals surface area contributed by atoms with Crippen LogP contribution in [0.1, 0.15) is 39.5 Å². The van der Waals surface area contributed by atoms with Crippen LogP contribution < -0.4 is 0 Å². The number of hydrogen-bond acceptors (Lipinski definition) is 1. The van der Waals surface area contributed by atoms with E-state index in [2.05, 4.69) is 13.0 Å². The van der Waals surface area contributed by atoms with Gasteiger partial charge in [-0.2, -0.15) is 0 Å². The van der Waals surface area contributed by atoms with E-state index < -0.39 is 0 Å². The van der Waals surface area contributed by atoms with Crippen molar-refractivity contribution in [3.05, 3.63) is 12.2 Å². The Bertz CT molecular complexity index is 181. The smallest absolute Gasteiger partial charge is 0.136 e. The molecule has 12 heavy (non-hydrogen) atoms. The first-order valence-corrected chi connectivity index (χ1v) is 4.91. The molecule has 1 nitrogen and oxygen atoms in total. The molecule has 1 rings (SSSR count). The fourth-order valence-electron chi connectivity index (χ4n) is 2.00. The van der Waals surface area contributed by atoms with Crippen LogP contribution in [0, 0.1) is 11.8 Å². The van der Waals surface area contributed by atoms with Crippen molar-refractivity contribution in [1.82, 2.24) is 0 Å². The molecule has 0 aromatic carbocycles. The highest BCUT2D eigenvalue weighted by Crippen LogP contribution is 2.27. The molecule has 0 amide bonds. The van der Waals surface area contributed by atoms with Gasteiger partial charge in [-0.25, -0.2) is 0 Å². The monoisotopic (exact) mass is 166 g/mol. The topological polar surface area (TPSA) is 17.1 Å². The Morgan fingerprint density at radius 3 is 2.83 bits per heavy atom. The van der Waals surface area contributed by atoms with E-state index in [1.54, 1.807) is 0 Å². The maximum absolute atomic E-state index is 11.5. The van der Waals surface area contributed by atoms with Crippen LogP contribution in [-0.4, -0.2) is 5.78 Å². The van der Waals surface area contributed by atoms with Crippen molar-refractivity contribution in [3.8, 4) is 0 Å². The summed E-state index contributed by atoms with van der Waals surface area (Å²) in [5.41, 5.74) is 0. The molecule has 1 fully saturated rings. The number of ketones is 1. The first-order chi connectivity index (χ1) is 5.75. The zero-order valence-electron chi connectivity index (χ0n) is 8.05. The lowest BCUT2D eigenvalue weighted by molar-refractivity contribution is -0.125. The second-order valence-electron chi connectivity index (χ2n) is 3.70. The Morgan fingerprint density at radius 1 is 1.50 bits per heavy atom. The van der Waals surface area contributed by atoms with Crippen molar-refractivity contribution < 1.29 is 4.79 Å². The zero-order valence-corrected chi connectivity index (χ0v) is 8.05. The molecule has 0 aromatic heterocycles. The predicted molar refractivity (Wildman–Crippen MR) is 50.9 cm³/mol. The number of allylic oxidation sites excluding steroid dienone is 2. The van der Waals surface area contributed by atoms with Gasteiger partial charge in [-0.1, -0.05) is 25.5 Å². The van der Waals surface area contributed by atoms with Crippen molar-refractivity contribution in [2.45, 2.75) is 39.5 Å². The fraction of sp³-hybridized carbons (Fsp3) is 0.727. The Hall–Kier alpha value is -0.590. The molecule has 0 heterocycles. The zero-order chi connectivity index (χ0) is 8.97. The molecule has 0 saturated heterocycles. The minimum Gasteiger partial charge on any atom is -0.299 e. The van der Waals surface area contributed by atoms with Gasteiger partial charge in [0.05, 0.1) is 0 Å². The first-order valence-electron chi connectivity index (χ1n) is 4.91. The fourth-order valence-corrected chi connectivity index (χ4v) is 2.00. The summed E-state index contributed by atoms with van der Waals surface area (Å²) in [6.45, 7) is 4.16. The normalized spacial score (nSPS) is 27.8. The van der Waals surface area contributed by atoms with E-state index >= 15 is 0 Å². The number of Topliss-reactive ketones (excluding diaryl/α,β-unsaturated/α-hetero) is 1. The molecule has 0 aliphatic heterocycles. The molecule has 1 heteroatoms. The van der Waals surface area contributed by atoms with Crippen molar-refractivity contribution in [2.75, 3.05) is 0 Å². The lowest BCUT2D eigenvalue weighted by Crippen LogP contribution is -2.24. The van der Waals surface area contributed by atoms with E-state index in [4.69, 9.17) is 0 Å². The molecule has 0 radical (unpaired) electrons. The minimum atomic E-state index is 0.315. The van der Waals surface area contributed by atoms with E-state index in [-0.39, 0.29) is 0 Å². The summed E-state index contributed by atoms with van der Waals surface area (Å²) in [5.74, 6) is 1.24. The summed E-state index contributed by atoms with van der Waals surface area (Å²) in [6, 6.07) is 0. The molecule has 0 unspecified atom stereocenters. The number of carbonyl (C=O) groups excluding carboxylic acids is 1. The van der Waals surface area contributed by atoms with Gasteiger partial charge in [0.25, 0.3) is 0 Å². The largest absolute Gasteiger partial charge is 0.299 e. The third-order valence-electron chi connectivity index (χ3n) is 2.73. The van der Waals surface area contributed by atoms with Crippen molar-refractivity contribution in [2.24, 2.45) is 11.8 Å². The van der Waals surface area contributed by atoms with Gasteiger partial charge in [-0.3, -0.25) is 4.79 Å². The van der Waals surface area contributed by atoms with Crippen LogP contribution in [-0.2, 0) is 4.79 Å². The molecule has 2 atom stereocenters. The maximum atomic E-state index is 11.5. The van der Waals surface area contributed by atoms with Gasteiger partial charge in [-0.05, 0) is 25.7 Å². The molecule has 1 saturated carbocycles. The van der Waals surface area contributed by atoms with Gasteiger partial charge in [0, 0.05) is 12.3 Å². The van der Waals surface area contributed by atoms with Crippen LogP contribution in [0.2, 0.25) is 0 Å². The molecule has 1 aliphatic rings. The molecule has 68 valence electrons. The van der Waals surface area contributed by atoms with E-state index in [0.29, 0.717) is 17.6 Å². The standard InChI is InChI=1S/C11H18O/c1-3-6-9(2)10-7-4-5-8-11(10)12/h3,6,9-10H,4-5,7-8H2,1-2H3/t9-,10+/m0/s1. The average Bonchev–Trinajstić information content (AvgIpc) is 2.05. The predicted octanol–water partition coefficient (Wildman–Crippen LogP) is 2.96. The van der Waals surface area contributed by atoms with Crippen LogP contribution >= 0.6 is 0 Å². The quantitative estimate of drug-likeness (QED) is 0.576. The van der Waals surface area contributed by atoms with Crippen LogP contribution in [0.4, 0.5) is 0 Å². The van der Waals surface area contributed by atoms with Crippen molar-refractivity contribution in [1.29, 1.82) is 0 Å². The van der Waals surface area contributed by atoms with Gasteiger partial charge in [0.2, 0.25) is 0 Å². The van der Waals surface area contributed by atoms with E-state index in [0.717, 1.165) is 19.3 Å². The molecule has 0 bridgehead atoms. The third-order valence-corrected chi connectivity index (χ3v) is 2.73. The Balaban J connectivity index is 2.53. The Labute approximate surface area is 74.9 Å². The van der Waals surface area contributed by atoms with Gasteiger partial charge in [0.15, 0.2) is 0 Å². The highest BCUT2D eigenvalue weighted by molar-refractivity contribution is 5.82. The second-order valence-corrected chi connectivity index (χ2v) is 3.70. The summed E-state index contributed by atoms with van der Waals surface area (Å²) >= 11 is 0. The van der Waals surface area contributed by atoms with E-state index in [1.165, 1.54) is 6.42 Å². The van der Waals surface area contributed by atoms with Gasteiger partial charge in [0.1, 0.15) is 5.78 Å². The maximum Gasteiger partial charge on any atom is 0.136 e. The molecular formula is C11H18O. The third kappa shape index (κ3) is 2.20.